The number of carbonyl (C=O) groups excluding carboxylic acids is 1. The van der Waals surface area contributed by atoms with Crippen molar-refractivity contribution in [3.63, 3.8) is 0 Å². The summed E-state index contributed by atoms with van der Waals surface area (Å²) >= 11 is 5.95. The molecule has 1 heterocycles. The van der Waals surface area contributed by atoms with Crippen LogP contribution in [-0.2, 0) is 0 Å². The Labute approximate surface area is 162 Å². The zero-order valence-electron chi connectivity index (χ0n) is 14.9. The molecule has 3 aromatic rings. The van der Waals surface area contributed by atoms with Crippen LogP contribution in [0.25, 0.3) is 0 Å². The Balaban J connectivity index is 1.61. The third-order valence-corrected chi connectivity index (χ3v) is 3.71. The van der Waals surface area contributed by atoms with Crippen molar-refractivity contribution in [2.45, 2.75) is 20.0 Å². The third kappa shape index (κ3) is 5.43. The topological polar surface area (TPSA) is 76.1 Å². The van der Waals surface area contributed by atoms with Crippen molar-refractivity contribution in [2.75, 3.05) is 10.6 Å². The molecule has 0 bridgehead atoms. The van der Waals surface area contributed by atoms with Crippen LogP contribution in [0.5, 0.6) is 5.75 Å². The Morgan fingerprint density at radius 2 is 1.74 bits per heavy atom. The molecule has 0 fully saturated rings. The number of benzene rings is 2. The van der Waals surface area contributed by atoms with E-state index in [9.17, 15) is 4.79 Å². The molecule has 0 radical (unpaired) electrons. The lowest BCUT2D eigenvalue weighted by molar-refractivity contribution is 0.102. The van der Waals surface area contributed by atoms with Gasteiger partial charge in [-0.25, -0.2) is 9.97 Å². The van der Waals surface area contributed by atoms with E-state index in [1.54, 1.807) is 24.3 Å². The van der Waals surface area contributed by atoms with Crippen LogP contribution in [0.1, 0.15) is 24.2 Å². The summed E-state index contributed by atoms with van der Waals surface area (Å²) in [6.45, 7) is 3.92. The summed E-state index contributed by atoms with van der Waals surface area (Å²) < 4.78 is 5.58. The van der Waals surface area contributed by atoms with Gasteiger partial charge in [0.25, 0.3) is 5.91 Å². The fourth-order valence-electron chi connectivity index (χ4n) is 2.30. The van der Waals surface area contributed by atoms with Crippen molar-refractivity contribution in [2.24, 2.45) is 0 Å². The summed E-state index contributed by atoms with van der Waals surface area (Å²) in [6.07, 6.45) is 3.03. The van der Waals surface area contributed by atoms with Gasteiger partial charge < -0.3 is 15.4 Å². The lowest BCUT2D eigenvalue weighted by atomic mass is 10.2. The van der Waals surface area contributed by atoms with Crippen molar-refractivity contribution < 1.29 is 9.53 Å². The monoisotopic (exact) mass is 382 g/mol. The van der Waals surface area contributed by atoms with Crippen molar-refractivity contribution >= 4 is 34.8 Å². The highest BCUT2D eigenvalue weighted by Crippen LogP contribution is 2.19. The second-order valence-electron chi connectivity index (χ2n) is 6.08. The van der Waals surface area contributed by atoms with Crippen LogP contribution in [0.15, 0.2) is 60.9 Å². The molecule has 0 saturated carbocycles. The van der Waals surface area contributed by atoms with Crippen LogP contribution in [-0.4, -0.2) is 22.0 Å². The second-order valence-corrected chi connectivity index (χ2v) is 6.51. The van der Waals surface area contributed by atoms with Crippen LogP contribution < -0.4 is 15.4 Å². The lowest BCUT2D eigenvalue weighted by Crippen LogP contribution is -2.13. The fraction of sp³-hybridized carbons (Fsp3) is 0.150. The van der Waals surface area contributed by atoms with Gasteiger partial charge in [0.2, 0.25) is 5.95 Å². The van der Waals surface area contributed by atoms with E-state index in [-0.39, 0.29) is 12.0 Å². The number of hydrogen-bond acceptors (Lipinski definition) is 5. The summed E-state index contributed by atoms with van der Waals surface area (Å²) in [4.78, 5) is 20.7. The smallest absolute Gasteiger partial charge is 0.258 e. The van der Waals surface area contributed by atoms with E-state index in [2.05, 4.69) is 20.6 Å². The molecule has 0 aliphatic carbocycles. The molecule has 2 N–H and O–H groups in total. The van der Waals surface area contributed by atoms with Gasteiger partial charge in [-0.15, -0.1) is 0 Å². The molecule has 3 rings (SSSR count). The molecule has 0 saturated heterocycles. The molecule has 0 aliphatic heterocycles. The minimum atomic E-state index is -0.290. The average Bonchev–Trinajstić information content (AvgIpc) is 2.63. The second kappa shape index (κ2) is 8.51. The molecule has 138 valence electrons. The molecule has 0 atom stereocenters. The third-order valence-electron chi connectivity index (χ3n) is 3.48. The zero-order chi connectivity index (χ0) is 19.2. The number of halogens is 1. The van der Waals surface area contributed by atoms with Crippen molar-refractivity contribution in [1.82, 2.24) is 9.97 Å². The molecule has 27 heavy (non-hydrogen) atoms. The standard InChI is InChI=1S/C20H19ClN4O2/c1-13(2)27-18-8-6-16(7-9-18)24-19(26)14-11-22-20(23-12-14)25-17-5-3-4-15(21)10-17/h3-13H,1-2H3,(H,24,26)(H,22,23,25). The van der Waals surface area contributed by atoms with Gasteiger partial charge in [0.1, 0.15) is 5.75 Å². The maximum atomic E-state index is 12.3. The minimum absolute atomic E-state index is 0.0987. The largest absolute Gasteiger partial charge is 0.491 e. The Hall–Kier alpha value is -3.12. The van der Waals surface area contributed by atoms with Gasteiger partial charge in [0.15, 0.2) is 0 Å². The van der Waals surface area contributed by atoms with Gasteiger partial charge in [0.05, 0.1) is 11.7 Å². The normalized spacial score (nSPS) is 10.5. The van der Waals surface area contributed by atoms with Gasteiger partial charge in [0, 0.05) is 28.8 Å². The van der Waals surface area contributed by atoms with Crippen molar-refractivity contribution in [3.05, 3.63) is 71.5 Å². The van der Waals surface area contributed by atoms with E-state index in [0.717, 1.165) is 11.4 Å². The van der Waals surface area contributed by atoms with E-state index < -0.39 is 0 Å². The first kappa shape index (κ1) is 18.7. The van der Waals surface area contributed by atoms with E-state index in [1.807, 2.05) is 38.1 Å². The van der Waals surface area contributed by atoms with Crippen LogP contribution in [0.2, 0.25) is 5.02 Å². The van der Waals surface area contributed by atoms with Crippen molar-refractivity contribution in [3.8, 4) is 5.75 Å². The highest BCUT2D eigenvalue weighted by atomic mass is 35.5. The lowest BCUT2D eigenvalue weighted by Gasteiger charge is -2.10. The summed E-state index contributed by atoms with van der Waals surface area (Å²) in [5, 5.41) is 6.44. The molecule has 6 nitrogen and oxygen atoms in total. The van der Waals surface area contributed by atoms with Crippen LogP contribution in [0, 0.1) is 0 Å². The summed E-state index contributed by atoms with van der Waals surface area (Å²) in [5.41, 5.74) is 1.79. The first-order chi connectivity index (χ1) is 13.0. The number of rotatable bonds is 6. The highest BCUT2D eigenvalue weighted by Gasteiger charge is 2.08. The minimum Gasteiger partial charge on any atom is -0.491 e. The zero-order valence-corrected chi connectivity index (χ0v) is 15.7. The summed E-state index contributed by atoms with van der Waals surface area (Å²) in [7, 11) is 0. The molecule has 0 unspecified atom stereocenters. The van der Waals surface area contributed by atoms with E-state index in [4.69, 9.17) is 16.3 Å². The Kier molecular flexibility index (Phi) is 5.88. The number of ether oxygens (including phenoxy) is 1. The van der Waals surface area contributed by atoms with Gasteiger partial charge in [-0.3, -0.25) is 4.79 Å². The molecule has 0 spiro atoms. The molecular weight excluding hydrogens is 364 g/mol. The molecular formula is C20H19ClN4O2. The highest BCUT2D eigenvalue weighted by molar-refractivity contribution is 6.30. The number of amides is 1. The maximum absolute atomic E-state index is 12.3. The first-order valence-electron chi connectivity index (χ1n) is 8.42. The van der Waals surface area contributed by atoms with Crippen LogP contribution in [0.4, 0.5) is 17.3 Å². The van der Waals surface area contributed by atoms with Crippen LogP contribution >= 0.6 is 11.6 Å². The SMILES string of the molecule is CC(C)Oc1ccc(NC(=O)c2cnc(Nc3cccc(Cl)c3)nc2)cc1. The predicted octanol–water partition coefficient (Wildman–Crippen LogP) is 4.91. The van der Waals surface area contributed by atoms with E-state index in [1.165, 1.54) is 12.4 Å². The number of aromatic nitrogens is 2. The number of anilines is 3. The molecule has 2 aromatic carbocycles. The molecule has 1 amide bonds. The maximum Gasteiger partial charge on any atom is 0.258 e. The predicted molar refractivity (Wildman–Crippen MR) is 107 cm³/mol. The van der Waals surface area contributed by atoms with Gasteiger partial charge in [-0.05, 0) is 56.3 Å². The number of nitrogens with one attached hydrogen (secondary N) is 2. The summed E-state index contributed by atoms with van der Waals surface area (Å²) in [6, 6.07) is 14.4. The number of nitrogens with zero attached hydrogens (tertiary/aromatic N) is 2. The van der Waals surface area contributed by atoms with E-state index >= 15 is 0 Å². The Bertz CT molecular complexity index is 912. The van der Waals surface area contributed by atoms with Gasteiger partial charge >= 0.3 is 0 Å². The fourth-order valence-corrected chi connectivity index (χ4v) is 2.49. The summed E-state index contributed by atoms with van der Waals surface area (Å²) in [5.74, 6) is 0.841. The number of hydrogen-bond donors (Lipinski definition) is 2. The average molecular weight is 383 g/mol. The Morgan fingerprint density at radius 1 is 1.04 bits per heavy atom. The molecule has 7 heteroatoms. The molecule has 1 aromatic heterocycles. The molecule has 0 aliphatic rings. The first-order valence-corrected chi connectivity index (χ1v) is 8.80. The van der Waals surface area contributed by atoms with Gasteiger partial charge in [-0.1, -0.05) is 17.7 Å². The van der Waals surface area contributed by atoms with Crippen molar-refractivity contribution in [1.29, 1.82) is 0 Å². The Morgan fingerprint density at radius 3 is 2.37 bits per heavy atom. The van der Waals surface area contributed by atoms with Gasteiger partial charge in [-0.2, -0.15) is 0 Å². The quantitative estimate of drug-likeness (QED) is 0.633. The number of carbonyl (C=O) groups is 1. The van der Waals surface area contributed by atoms with E-state index in [0.29, 0.717) is 22.2 Å². The van der Waals surface area contributed by atoms with Crippen LogP contribution in [0.3, 0.4) is 0 Å².